The Bertz CT molecular complexity index is 1030. The first-order valence-corrected chi connectivity index (χ1v) is 7.83. The summed E-state index contributed by atoms with van der Waals surface area (Å²) in [7, 11) is 0. The fourth-order valence-corrected chi connectivity index (χ4v) is 2.47. The van der Waals surface area contributed by atoms with Crippen molar-refractivity contribution in [3.05, 3.63) is 71.9 Å². The molecule has 0 amide bonds. The van der Waals surface area contributed by atoms with Crippen LogP contribution in [0.4, 0.5) is 8.78 Å². The van der Waals surface area contributed by atoms with Crippen molar-refractivity contribution in [2.75, 3.05) is 0 Å². The number of benzene rings is 2. The Balaban J connectivity index is 2.07. The van der Waals surface area contributed by atoms with Gasteiger partial charge in [-0.05, 0) is 42.5 Å². The lowest BCUT2D eigenvalue weighted by Crippen LogP contribution is -2.01. The second-order valence-electron chi connectivity index (χ2n) is 5.40. The van der Waals surface area contributed by atoms with E-state index in [4.69, 9.17) is 10.5 Å². The monoisotopic (exact) mass is 362 g/mol. The van der Waals surface area contributed by atoms with Crippen LogP contribution in [0.3, 0.4) is 0 Å². The van der Waals surface area contributed by atoms with E-state index >= 15 is 0 Å². The molecule has 0 bridgehead atoms. The van der Waals surface area contributed by atoms with E-state index in [1.165, 1.54) is 18.2 Å². The predicted octanol–water partition coefficient (Wildman–Crippen LogP) is 4.57. The first-order valence-electron chi connectivity index (χ1n) is 7.83. The molecule has 132 valence electrons. The summed E-state index contributed by atoms with van der Waals surface area (Å²) in [6, 6.07) is 18.9. The van der Waals surface area contributed by atoms with Crippen LogP contribution in [-0.2, 0) is 0 Å². The molecule has 7 heteroatoms. The lowest BCUT2D eigenvalue weighted by atomic mass is 10.1. The van der Waals surface area contributed by atoms with Gasteiger partial charge in [-0.1, -0.05) is 18.2 Å². The summed E-state index contributed by atoms with van der Waals surface area (Å²) in [5.41, 5.74) is 2.42. The van der Waals surface area contributed by atoms with Crippen molar-refractivity contribution in [2.24, 2.45) is 0 Å². The Labute approximate surface area is 154 Å². The first-order chi connectivity index (χ1) is 13.1. The van der Waals surface area contributed by atoms with Crippen molar-refractivity contribution in [3.8, 4) is 34.8 Å². The highest BCUT2D eigenvalue weighted by Gasteiger charge is 2.13. The van der Waals surface area contributed by atoms with E-state index in [1.54, 1.807) is 23.0 Å². The molecule has 0 aliphatic rings. The molecule has 0 saturated heterocycles. The summed E-state index contributed by atoms with van der Waals surface area (Å²) in [4.78, 5) is 0. The van der Waals surface area contributed by atoms with Gasteiger partial charge in [-0.15, -0.1) is 0 Å². The summed E-state index contributed by atoms with van der Waals surface area (Å²) in [5, 5.41) is 22.6. The van der Waals surface area contributed by atoms with Crippen LogP contribution in [0.25, 0.3) is 23.0 Å². The number of halogens is 2. The second kappa shape index (κ2) is 7.94. The normalized spacial score (nSPS) is 10.1. The van der Waals surface area contributed by atoms with Gasteiger partial charge < -0.3 is 4.74 Å². The minimum Gasteiger partial charge on any atom is -0.435 e. The Hall–Kier alpha value is -3.97. The molecule has 3 rings (SSSR count). The number of rotatable bonds is 5. The smallest absolute Gasteiger partial charge is 0.387 e. The summed E-state index contributed by atoms with van der Waals surface area (Å²) in [6.07, 6.45) is 3.13. The van der Waals surface area contributed by atoms with Gasteiger partial charge in [-0.2, -0.15) is 24.4 Å². The van der Waals surface area contributed by atoms with Gasteiger partial charge in [0.05, 0.1) is 5.69 Å². The molecule has 0 atom stereocenters. The number of ether oxygens (including phenoxy) is 1. The summed E-state index contributed by atoms with van der Waals surface area (Å²) >= 11 is 0. The van der Waals surface area contributed by atoms with E-state index in [1.807, 2.05) is 42.5 Å². The molecule has 5 nitrogen and oxygen atoms in total. The maximum atomic E-state index is 12.3. The Morgan fingerprint density at radius 2 is 1.70 bits per heavy atom. The molecule has 0 N–H and O–H groups in total. The largest absolute Gasteiger partial charge is 0.435 e. The summed E-state index contributed by atoms with van der Waals surface area (Å²) in [6.45, 7) is -2.90. The fourth-order valence-electron chi connectivity index (χ4n) is 2.47. The molecular formula is C20H12F2N4O. The highest BCUT2D eigenvalue weighted by atomic mass is 19.3. The Morgan fingerprint density at radius 1 is 1.04 bits per heavy atom. The summed E-state index contributed by atoms with van der Waals surface area (Å²) < 4.78 is 30.6. The summed E-state index contributed by atoms with van der Waals surface area (Å²) in [5.74, 6) is 0.0306. The van der Waals surface area contributed by atoms with Crippen molar-refractivity contribution in [2.45, 2.75) is 6.61 Å². The highest BCUT2D eigenvalue weighted by Crippen LogP contribution is 2.27. The molecule has 0 saturated carbocycles. The van der Waals surface area contributed by atoms with Gasteiger partial charge in [0.2, 0.25) is 0 Å². The van der Waals surface area contributed by atoms with Gasteiger partial charge in [-0.3, -0.25) is 0 Å². The number of nitriles is 2. The Kier molecular flexibility index (Phi) is 5.25. The van der Waals surface area contributed by atoms with Crippen LogP contribution in [0, 0.1) is 22.7 Å². The van der Waals surface area contributed by atoms with Gasteiger partial charge in [0.25, 0.3) is 0 Å². The van der Waals surface area contributed by atoms with Gasteiger partial charge in [0.1, 0.15) is 29.2 Å². The Morgan fingerprint density at radius 3 is 2.30 bits per heavy atom. The zero-order valence-electron chi connectivity index (χ0n) is 13.9. The van der Waals surface area contributed by atoms with E-state index < -0.39 is 6.61 Å². The van der Waals surface area contributed by atoms with Crippen LogP contribution in [0.2, 0.25) is 0 Å². The maximum absolute atomic E-state index is 12.3. The first kappa shape index (κ1) is 17.8. The molecule has 2 aromatic carbocycles. The average Bonchev–Trinajstić information content (AvgIpc) is 3.11. The molecular weight excluding hydrogens is 350 g/mol. The van der Waals surface area contributed by atoms with Crippen LogP contribution < -0.4 is 4.74 Å². The van der Waals surface area contributed by atoms with Crippen molar-refractivity contribution in [1.29, 1.82) is 10.5 Å². The molecule has 0 unspecified atom stereocenters. The third-order valence-corrected chi connectivity index (χ3v) is 3.66. The number of nitrogens with zero attached hydrogens (tertiary/aromatic N) is 4. The second-order valence-corrected chi connectivity index (χ2v) is 5.40. The van der Waals surface area contributed by atoms with E-state index in [-0.39, 0.29) is 11.3 Å². The zero-order valence-corrected chi connectivity index (χ0v) is 13.9. The molecule has 0 radical (unpaired) electrons. The van der Waals surface area contributed by atoms with Crippen molar-refractivity contribution in [3.63, 3.8) is 0 Å². The number of para-hydroxylation sites is 1. The van der Waals surface area contributed by atoms with Crippen LogP contribution in [0.1, 0.15) is 5.56 Å². The van der Waals surface area contributed by atoms with Crippen molar-refractivity contribution >= 4 is 6.08 Å². The molecule has 0 aliphatic carbocycles. The predicted molar refractivity (Wildman–Crippen MR) is 94.8 cm³/mol. The lowest BCUT2D eigenvalue weighted by Gasteiger charge is -2.05. The van der Waals surface area contributed by atoms with E-state index in [0.29, 0.717) is 16.8 Å². The minimum atomic E-state index is -2.90. The van der Waals surface area contributed by atoms with Crippen LogP contribution in [0.5, 0.6) is 5.75 Å². The zero-order chi connectivity index (χ0) is 19.2. The lowest BCUT2D eigenvalue weighted by molar-refractivity contribution is -0.0498. The van der Waals surface area contributed by atoms with Crippen LogP contribution >= 0.6 is 0 Å². The number of hydrogen-bond acceptors (Lipinski definition) is 4. The van der Waals surface area contributed by atoms with Crippen LogP contribution in [0.15, 0.2) is 66.4 Å². The standard InChI is InChI=1S/C20H12F2N4O/c21-20(22)27-18-8-6-15(7-9-18)19-16(10-14(11-23)12-24)13-26(25-19)17-4-2-1-3-5-17/h1-10,13,20H. The molecule has 3 aromatic rings. The third-order valence-electron chi connectivity index (χ3n) is 3.66. The van der Waals surface area contributed by atoms with Crippen molar-refractivity contribution in [1.82, 2.24) is 9.78 Å². The van der Waals surface area contributed by atoms with Gasteiger partial charge >= 0.3 is 6.61 Å². The third kappa shape index (κ3) is 4.17. The quantitative estimate of drug-likeness (QED) is 0.623. The SMILES string of the molecule is N#CC(C#N)=Cc1cn(-c2ccccc2)nc1-c1ccc(OC(F)F)cc1. The molecule has 27 heavy (non-hydrogen) atoms. The van der Waals surface area contributed by atoms with Crippen LogP contribution in [-0.4, -0.2) is 16.4 Å². The molecule has 1 heterocycles. The number of allylic oxidation sites excluding steroid dienone is 1. The molecule has 0 aliphatic heterocycles. The number of aromatic nitrogens is 2. The molecule has 1 aromatic heterocycles. The average molecular weight is 362 g/mol. The van der Waals surface area contributed by atoms with E-state index in [2.05, 4.69) is 9.84 Å². The van der Waals surface area contributed by atoms with Gasteiger partial charge in [0, 0.05) is 17.3 Å². The topological polar surface area (TPSA) is 74.6 Å². The minimum absolute atomic E-state index is 0.0306. The molecule has 0 spiro atoms. The van der Waals surface area contributed by atoms with Crippen molar-refractivity contribution < 1.29 is 13.5 Å². The number of alkyl halides is 2. The van der Waals surface area contributed by atoms with Gasteiger partial charge in [0.15, 0.2) is 0 Å². The van der Waals surface area contributed by atoms with Gasteiger partial charge in [-0.25, -0.2) is 4.68 Å². The highest BCUT2D eigenvalue weighted by molar-refractivity contribution is 5.75. The molecule has 0 fully saturated rings. The van der Waals surface area contributed by atoms with E-state index in [0.717, 1.165) is 5.69 Å². The maximum Gasteiger partial charge on any atom is 0.387 e. The number of hydrogen-bond donors (Lipinski definition) is 0. The van der Waals surface area contributed by atoms with E-state index in [9.17, 15) is 8.78 Å². The fraction of sp³-hybridized carbons (Fsp3) is 0.0500.